The molecule has 4 fully saturated rings. The molecule has 1 aromatic heterocycles. The van der Waals surface area contributed by atoms with Crippen LogP contribution in [0.1, 0.15) is 99.4 Å². The molecule has 4 aliphatic carbocycles. The van der Waals surface area contributed by atoms with Crippen molar-refractivity contribution in [1.82, 2.24) is 9.88 Å². The van der Waals surface area contributed by atoms with Crippen LogP contribution in [0.2, 0.25) is 0 Å². The SMILES string of the molecule is Cn1c(C(=O)N[C@H]2C[C@H](C(=O)O)C2)cc(-c2cc(C(C)(C)O)cc(C3(C)CC3)c2)c1CC1CC2CCC1C2. The van der Waals surface area contributed by atoms with Crippen LogP contribution in [0.3, 0.4) is 0 Å². The predicted molar refractivity (Wildman–Crippen MR) is 147 cm³/mol. The van der Waals surface area contributed by atoms with Gasteiger partial charge < -0.3 is 20.1 Å². The molecule has 4 aliphatic rings. The third-order valence-electron chi connectivity index (χ3n) is 10.4. The summed E-state index contributed by atoms with van der Waals surface area (Å²) in [5.74, 6) is 1.03. The zero-order valence-corrected chi connectivity index (χ0v) is 23.2. The highest BCUT2D eigenvalue weighted by Crippen LogP contribution is 2.51. The lowest BCUT2D eigenvalue weighted by molar-refractivity contribution is -0.145. The van der Waals surface area contributed by atoms with E-state index in [0.717, 1.165) is 47.8 Å². The topological polar surface area (TPSA) is 91.6 Å². The Morgan fingerprint density at radius 2 is 1.82 bits per heavy atom. The summed E-state index contributed by atoms with van der Waals surface area (Å²) in [7, 11) is 2.00. The van der Waals surface area contributed by atoms with Gasteiger partial charge in [-0.3, -0.25) is 9.59 Å². The highest BCUT2D eigenvalue weighted by molar-refractivity contribution is 5.95. The highest BCUT2D eigenvalue weighted by Gasteiger charge is 2.42. The third-order valence-corrected chi connectivity index (χ3v) is 10.4. The van der Waals surface area contributed by atoms with E-state index in [1.165, 1.54) is 36.9 Å². The molecule has 3 atom stereocenters. The summed E-state index contributed by atoms with van der Waals surface area (Å²) in [5, 5.41) is 23.3. The first kappa shape index (κ1) is 25.7. The van der Waals surface area contributed by atoms with Crippen molar-refractivity contribution >= 4 is 11.9 Å². The van der Waals surface area contributed by atoms with Crippen LogP contribution in [0.4, 0.5) is 0 Å². The zero-order chi connectivity index (χ0) is 27.0. The fraction of sp³-hybridized carbons (Fsp3) is 0.625. The normalized spacial score (nSPS) is 29.2. The van der Waals surface area contributed by atoms with Crippen molar-refractivity contribution in [3.8, 4) is 11.1 Å². The molecule has 2 bridgehead atoms. The number of carboxylic acid groups (broad SMARTS) is 1. The number of rotatable bonds is 8. The number of carbonyl (C=O) groups excluding carboxylic acids is 1. The summed E-state index contributed by atoms with van der Waals surface area (Å²) in [6.45, 7) is 5.98. The lowest BCUT2D eigenvalue weighted by Gasteiger charge is -2.32. The summed E-state index contributed by atoms with van der Waals surface area (Å²) in [6, 6.07) is 8.51. The summed E-state index contributed by atoms with van der Waals surface area (Å²) in [6.07, 6.45) is 9.57. The quantitative estimate of drug-likeness (QED) is 0.428. The van der Waals surface area contributed by atoms with Gasteiger partial charge in [-0.1, -0.05) is 25.5 Å². The summed E-state index contributed by atoms with van der Waals surface area (Å²) in [4.78, 5) is 24.7. The fourth-order valence-electron chi connectivity index (χ4n) is 7.39. The van der Waals surface area contributed by atoms with Crippen LogP contribution < -0.4 is 5.32 Å². The molecule has 3 N–H and O–H groups in total. The van der Waals surface area contributed by atoms with E-state index in [-0.39, 0.29) is 23.3 Å². The number of carbonyl (C=O) groups is 2. The van der Waals surface area contributed by atoms with E-state index in [1.54, 1.807) is 0 Å². The molecule has 1 heterocycles. The van der Waals surface area contributed by atoms with Gasteiger partial charge in [0.15, 0.2) is 0 Å². The molecule has 6 heteroatoms. The van der Waals surface area contributed by atoms with Crippen molar-refractivity contribution in [2.75, 3.05) is 0 Å². The van der Waals surface area contributed by atoms with E-state index in [4.69, 9.17) is 0 Å². The average Bonchev–Trinajstić information content (AvgIpc) is 3.15. The molecule has 38 heavy (non-hydrogen) atoms. The van der Waals surface area contributed by atoms with Gasteiger partial charge >= 0.3 is 5.97 Å². The Bertz CT molecular complexity index is 1250. The second-order valence-electron chi connectivity index (χ2n) is 13.7. The van der Waals surface area contributed by atoms with Crippen LogP contribution in [-0.4, -0.2) is 32.7 Å². The van der Waals surface area contributed by atoms with Crippen molar-refractivity contribution in [3.63, 3.8) is 0 Å². The van der Waals surface area contributed by atoms with E-state index >= 15 is 0 Å². The molecule has 0 spiro atoms. The summed E-state index contributed by atoms with van der Waals surface area (Å²) in [5.41, 5.74) is 5.37. The van der Waals surface area contributed by atoms with Gasteiger partial charge in [-0.25, -0.2) is 0 Å². The number of nitrogens with one attached hydrogen (secondary N) is 1. The van der Waals surface area contributed by atoms with Crippen molar-refractivity contribution in [1.29, 1.82) is 0 Å². The Labute approximate surface area is 225 Å². The fourth-order valence-corrected chi connectivity index (χ4v) is 7.39. The molecule has 2 aromatic rings. The largest absolute Gasteiger partial charge is 0.481 e. The number of aromatic nitrogens is 1. The first-order valence-electron chi connectivity index (χ1n) is 14.5. The van der Waals surface area contributed by atoms with E-state index < -0.39 is 11.6 Å². The Morgan fingerprint density at radius 3 is 2.39 bits per heavy atom. The van der Waals surface area contributed by atoms with Crippen LogP contribution in [0.15, 0.2) is 24.3 Å². The highest BCUT2D eigenvalue weighted by atomic mass is 16.4. The Hall–Kier alpha value is -2.60. The van der Waals surface area contributed by atoms with Gasteiger partial charge in [0, 0.05) is 24.3 Å². The minimum Gasteiger partial charge on any atom is -0.481 e. The van der Waals surface area contributed by atoms with E-state index in [1.807, 2.05) is 27.0 Å². The molecule has 1 aromatic carbocycles. The Morgan fingerprint density at radius 1 is 1.08 bits per heavy atom. The van der Waals surface area contributed by atoms with Crippen molar-refractivity contribution in [2.45, 2.75) is 95.6 Å². The minimum atomic E-state index is -0.958. The van der Waals surface area contributed by atoms with Crippen LogP contribution >= 0.6 is 0 Å². The first-order chi connectivity index (χ1) is 17.9. The Kier molecular flexibility index (Phi) is 6.06. The second-order valence-corrected chi connectivity index (χ2v) is 13.7. The first-order valence-corrected chi connectivity index (χ1v) is 14.5. The maximum absolute atomic E-state index is 13.4. The maximum atomic E-state index is 13.4. The molecule has 0 radical (unpaired) electrons. The minimum absolute atomic E-state index is 0.0871. The lowest BCUT2D eigenvalue weighted by atomic mass is 9.80. The molecular weight excluding hydrogens is 476 g/mol. The second kappa shape index (κ2) is 8.97. The average molecular weight is 519 g/mol. The number of amides is 1. The monoisotopic (exact) mass is 518 g/mol. The van der Waals surface area contributed by atoms with Gasteiger partial charge in [0.2, 0.25) is 0 Å². The van der Waals surface area contributed by atoms with Gasteiger partial charge in [0.25, 0.3) is 5.91 Å². The lowest BCUT2D eigenvalue weighted by Crippen LogP contribution is -2.47. The van der Waals surface area contributed by atoms with Crippen LogP contribution in [0.25, 0.3) is 11.1 Å². The number of aliphatic hydroxyl groups is 1. The zero-order valence-electron chi connectivity index (χ0n) is 23.2. The maximum Gasteiger partial charge on any atom is 0.306 e. The predicted octanol–water partition coefficient (Wildman–Crippen LogP) is 5.54. The third kappa shape index (κ3) is 4.59. The number of hydrogen-bond acceptors (Lipinski definition) is 3. The molecule has 0 aliphatic heterocycles. The molecular formula is C32H42N2O4. The number of benzene rings is 1. The molecule has 6 nitrogen and oxygen atoms in total. The van der Waals surface area contributed by atoms with E-state index in [2.05, 4.69) is 35.0 Å². The van der Waals surface area contributed by atoms with Gasteiger partial charge in [-0.15, -0.1) is 0 Å². The summed E-state index contributed by atoms with van der Waals surface area (Å²) >= 11 is 0. The molecule has 4 saturated carbocycles. The van der Waals surface area contributed by atoms with Gasteiger partial charge in [0.1, 0.15) is 5.69 Å². The van der Waals surface area contributed by atoms with Crippen molar-refractivity contribution in [3.05, 3.63) is 46.8 Å². The molecule has 0 saturated heterocycles. The van der Waals surface area contributed by atoms with Gasteiger partial charge in [-0.2, -0.15) is 0 Å². The van der Waals surface area contributed by atoms with Crippen LogP contribution in [-0.2, 0) is 29.3 Å². The number of aliphatic carboxylic acids is 1. The van der Waals surface area contributed by atoms with Gasteiger partial charge in [0.05, 0.1) is 11.5 Å². The van der Waals surface area contributed by atoms with Gasteiger partial charge in [-0.05, 0) is 117 Å². The number of nitrogens with zero attached hydrogens (tertiary/aromatic N) is 1. The number of fused-ring (bicyclic) bond motifs is 2. The summed E-state index contributed by atoms with van der Waals surface area (Å²) < 4.78 is 2.08. The molecule has 3 unspecified atom stereocenters. The molecule has 1 amide bonds. The van der Waals surface area contributed by atoms with E-state index in [9.17, 15) is 19.8 Å². The van der Waals surface area contributed by atoms with Crippen molar-refractivity contribution < 1.29 is 19.8 Å². The number of hydrogen-bond donors (Lipinski definition) is 3. The molecule has 204 valence electrons. The standard InChI is InChI=1S/C32H42N2O4/c1-31(2,38)23-11-21(12-24(16-23)32(3)7-8-32)26-17-28(29(35)33-25-13-22(14-25)30(36)37)34(4)27(26)15-20-10-18-5-6-19(20)9-18/h11-12,16-20,22,25,38H,5-10,13-15H2,1-4H3,(H,33,35)(H,36,37)/t18?,19?,20?,22-,25-. The van der Waals surface area contributed by atoms with Crippen molar-refractivity contribution in [2.24, 2.45) is 30.7 Å². The van der Waals surface area contributed by atoms with Crippen LogP contribution in [0.5, 0.6) is 0 Å². The smallest absolute Gasteiger partial charge is 0.306 e. The molecule has 6 rings (SSSR count). The number of carboxylic acids is 1. The van der Waals surface area contributed by atoms with Crippen LogP contribution in [0, 0.1) is 23.7 Å². The van der Waals surface area contributed by atoms with E-state index in [0.29, 0.717) is 24.5 Å². The Balaban J connectivity index is 1.38.